The van der Waals surface area contributed by atoms with Crippen LogP contribution in [-0.4, -0.2) is 40.8 Å². The SMILES string of the molecule is Cc1ccc(C(=O)C2CCN(C(=O)C=CC(=O)O)CC2)cc1. The molecule has 5 heteroatoms. The van der Waals surface area contributed by atoms with Gasteiger partial charge in [-0.05, 0) is 19.8 Å². The standard InChI is InChI=1S/C17H19NO4/c1-12-2-4-13(5-3-12)17(22)14-8-10-18(11-9-14)15(19)6-7-16(20)21/h2-7,14H,8-11H2,1H3,(H,20,21). The van der Waals surface area contributed by atoms with Crippen LogP contribution in [0.15, 0.2) is 36.4 Å². The number of rotatable bonds is 4. The second-order valence-corrected chi connectivity index (χ2v) is 5.50. The fourth-order valence-corrected chi connectivity index (χ4v) is 2.56. The van der Waals surface area contributed by atoms with Crippen molar-refractivity contribution in [3.05, 3.63) is 47.5 Å². The predicted octanol–water partition coefficient (Wildman–Crippen LogP) is 2.06. The lowest BCUT2D eigenvalue weighted by atomic mass is 9.88. The van der Waals surface area contributed by atoms with Crippen LogP contribution in [0, 0.1) is 12.8 Å². The van der Waals surface area contributed by atoms with E-state index in [4.69, 9.17) is 5.11 Å². The van der Waals surface area contributed by atoms with Crippen molar-refractivity contribution in [1.82, 2.24) is 4.90 Å². The molecule has 5 nitrogen and oxygen atoms in total. The van der Waals surface area contributed by atoms with E-state index in [1.165, 1.54) is 0 Å². The summed E-state index contributed by atoms with van der Waals surface area (Å²) in [6.07, 6.45) is 3.12. The maximum absolute atomic E-state index is 12.4. The fraction of sp³-hybridized carbons (Fsp3) is 0.353. The molecule has 1 aromatic carbocycles. The number of likely N-dealkylation sites (tertiary alicyclic amines) is 1. The third-order valence-corrected chi connectivity index (χ3v) is 3.88. The monoisotopic (exact) mass is 301 g/mol. The topological polar surface area (TPSA) is 74.7 Å². The van der Waals surface area contributed by atoms with E-state index in [2.05, 4.69) is 0 Å². The highest BCUT2D eigenvalue weighted by Crippen LogP contribution is 2.22. The molecule has 0 saturated carbocycles. The Hall–Kier alpha value is -2.43. The highest BCUT2D eigenvalue weighted by atomic mass is 16.4. The smallest absolute Gasteiger partial charge is 0.328 e. The van der Waals surface area contributed by atoms with Gasteiger partial charge in [0.05, 0.1) is 0 Å². The van der Waals surface area contributed by atoms with Crippen LogP contribution in [0.1, 0.15) is 28.8 Å². The summed E-state index contributed by atoms with van der Waals surface area (Å²) < 4.78 is 0. The third kappa shape index (κ3) is 4.04. The molecule has 1 aliphatic rings. The van der Waals surface area contributed by atoms with E-state index < -0.39 is 5.97 Å². The van der Waals surface area contributed by atoms with E-state index in [9.17, 15) is 14.4 Å². The molecule has 1 aliphatic heterocycles. The number of carbonyl (C=O) groups is 3. The van der Waals surface area contributed by atoms with Gasteiger partial charge >= 0.3 is 5.97 Å². The molecule has 0 bridgehead atoms. The van der Waals surface area contributed by atoms with Crippen LogP contribution in [0.4, 0.5) is 0 Å². The lowest BCUT2D eigenvalue weighted by Gasteiger charge is -2.30. The first kappa shape index (κ1) is 15.9. The second kappa shape index (κ2) is 7.02. The molecule has 0 atom stereocenters. The Morgan fingerprint density at radius 3 is 2.23 bits per heavy atom. The Morgan fingerprint density at radius 2 is 1.68 bits per heavy atom. The Morgan fingerprint density at radius 1 is 1.09 bits per heavy atom. The summed E-state index contributed by atoms with van der Waals surface area (Å²) in [5.41, 5.74) is 1.82. The second-order valence-electron chi connectivity index (χ2n) is 5.50. The summed E-state index contributed by atoms with van der Waals surface area (Å²) in [5.74, 6) is -1.41. The van der Waals surface area contributed by atoms with E-state index in [1.807, 2.05) is 31.2 Å². The molecule has 0 spiro atoms. The summed E-state index contributed by atoms with van der Waals surface area (Å²) in [5, 5.41) is 8.52. The number of hydrogen-bond donors (Lipinski definition) is 1. The predicted molar refractivity (Wildman–Crippen MR) is 81.6 cm³/mol. The van der Waals surface area contributed by atoms with Crippen LogP contribution < -0.4 is 0 Å². The molecule has 0 aliphatic carbocycles. The number of aliphatic carboxylic acids is 1. The first-order chi connectivity index (χ1) is 10.5. The summed E-state index contributed by atoms with van der Waals surface area (Å²) in [7, 11) is 0. The van der Waals surface area contributed by atoms with Crippen molar-refractivity contribution in [2.45, 2.75) is 19.8 Å². The lowest BCUT2D eigenvalue weighted by molar-refractivity contribution is -0.132. The number of benzene rings is 1. The van der Waals surface area contributed by atoms with Gasteiger partial charge in [-0.1, -0.05) is 29.8 Å². The van der Waals surface area contributed by atoms with Crippen molar-refractivity contribution < 1.29 is 19.5 Å². The van der Waals surface area contributed by atoms with Crippen LogP contribution in [-0.2, 0) is 9.59 Å². The zero-order chi connectivity index (χ0) is 16.1. The quantitative estimate of drug-likeness (QED) is 0.682. The van der Waals surface area contributed by atoms with Gasteiger partial charge in [-0.2, -0.15) is 0 Å². The number of carboxylic acids is 1. The maximum Gasteiger partial charge on any atom is 0.328 e. The number of carboxylic acid groups (broad SMARTS) is 1. The van der Waals surface area contributed by atoms with Crippen molar-refractivity contribution in [3.63, 3.8) is 0 Å². The lowest BCUT2D eigenvalue weighted by Crippen LogP contribution is -2.39. The zero-order valence-corrected chi connectivity index (χ0v) is 12.5. The molecule has 1 heterocycles. The molecular weight excluding hydrogens is 282 g/mol. The van der Waals surface area contributed by atoms with Crippen LogP contribution >= 0.6 is 0 Å². The minimum absolute atomic E-state index is 0.0739. The Balaban J connectivity index is 1.91. The van der Waals surface area contributed by atoms with Gasteiger partial charge in [0.1, 0.15) is 0 Å². The van der Waals surface area contributed by atoms with Gasteiger partial charge in [0.15, 0.2) is 5.78 Å². The van der Waals surface area contributed by atoms with Gasteiger partial charge in [0.2, 0.25) is 5.91 Å². The number of nitrogens with zero attached hydrogens (tertiary/aromatic N) is 1. The molecular formula is C17H19NO4. The molecule has 0 radical (unpaired) electrons. The van der Waals surface area contributed by atoms with Crippen LogP contribution in [0.2, 0.25) is 0 Å². The molecule has 1 saturated heterocycles. The summed E-state index contributed by atoms with van der Waals surface area (Å²) in [6.45, 7) is 2.93. The number of ketones is 1. The van der Waals surface area contributed by atoms with Gasteiger partial charge in [0.25, 0.3) is 0 Å². The Kier molecular flexibility index (Phi) is 5.09. The number of hydrogen-bond acceptors (Lipinski definition) is 3. The molecule has 0 unspecified atom stereocenters. The van der Waals surface area contributed by atoms with Gasteiger partial charge in [-0.3, -0.25) is 9.59 Å². The largest absolute Gasteiger partial charge is 0.478 e. The summed E-state index contributed by atoms with van der Waals surface area (Å²) >= 11 is 0. The molecule has 0 aromatic heterocycles. The minimum Gasteiger partial charge on any atom is -0.478 e. The van der Waals surface area contributed by atoms with E-state index >= 15 is 0 Å². The summed E-state index contributed by atoms with van der Waals surface area (Å²) in [4.78, 5) is 36.2. The normalized spacial score (nSPS) is 16.0. The number of Topliss-reactive ketones (excluding diaryl/α,β-unsaturated/α-hetero) is 1. The number of carbonyl (C=O) groups excluding carboxylic acids is 2. The molecule has 1 N–H and O–H groups in total. The first-order valence-corrected chi connectivity index (χ1v) is 7.28. The number of aryl methyl sites for hydroxylation is 1. The van der Waals surface area contributed by atoms with Crippen molar-refractivity contribution >= 4 is 17.7 Å². The van der Waals surface area contributed by atoms with Gasteiger partial charge in [-0.15, -0.1) is 0 Å². The molecule has 1 fully saturated rings. The molecule has 22 heavy (non-hydrogen) atoms. The Labute approximate surface area is 129 Å². The first-order valence-electron chi connectivity index (χ1n) is 7.28. The highest BCUT2D eigenvalue weighted by molar-refractivity contribution is 5.98. The van der Waals surface area contributed by atoms with Crippen LogP contribution in [0.25, 0.3) is 0 Å². The van der Waals surface area contributed by atoms with Crippen molar-refractivity contribution in [3.8, 4) is 0 Å². The van der Waals surface area contributed by atoms with E-state index in [0.29, 0.717) is 31.5 Å². The Bertz CT molecular complexity index is 596. The van der Waals surface area contributed by atoms with E-state index in [-0.39, 0.29) is 17.6 Å². The molecule has 1 aromatic rings. The van der Waals surface area contributed by atoms with Crippen LogP contribution in [0.5, 0.6) is 0 Å². The van der Waals surface area contributed by atoms with E-state index in [0.717, 1.165) is 17.7 Å². The molecule has 2 rings (SSSR count). The maximum atomic E-state index is 12.4. The van der Waals surface area contributed by atoms with Crippen molar-refractivity contribution in [2.75, 3.05) is 13.1 Å². The van der Waals surface area contributed by atoms with Crippen molar-refractivity contribution in [1.29, 1.82) is 0 Å². The number of piperidine rings is 1. The minimum atomic E-state index is -1.14. The fourth-order valence-electron chi connectivity index (χ4n) is 2.56. The van der Waals surface area contributed by atoms with Gasteiger partial charge < -0.3 is 10.0 Å². The average Bonchev–Trinajstić information content (AvgIpc) is 2.53. The third-order valence-electron chi connectivity index (χ3n) is 3.88. The van der Waals surface area contributed by atoms with Gasteiger partial charge in [0, 0.05) is 36.7 Å². The zero-order valence-electron chi connectivity index (χ0n) is 12.5. The van der Waals surface area contributed by atoms with Gasteiger partial charge in [-0.25, -0.2) is 4.79 Å². The molecule has 116 valence electrons. The molecule has 1 amide bonds. The van der Waals surface area contributed by atoms with E-state index in [1.54, 1.807) is 4.90 Å². The summed E-state index contributed by atoms with van der Waals surface area (Å²) in [6, 6.07) is 7.51. The number of amides is 1. The van der Waals surface area contributed by atoms with Crippen LogP contribution in [0.3, 0.4) is 0 Å². The highest BCUT2D eigenvalue weighted by Gasteiger charge is 2.27. The average molecular weight is 301 g/mol. The van der Waals surface area contributed by atoms with Crippen molar-refractivity contribution in [2.24, 2.45) is 5.92 Å².